The summed E-state index contributed by atoms with van der Waals surface area (Å²) in [5, 5.41) is 2.48. The molecule has 1 amide bonds. The molecule has 4 nitrogen and oxygen atoms in total. The number of rotatable bonds is 2. The van der Waals surface area contributed by atoms with Crippen LogP contribution in [0.25, 0.3) is 0 Å². The lowest BCUT2D eigenvalue weighted by atomic mass is 10.2. The summed E-state index contributed by atoms with van der Waals surface area (Å²) in [6.07, 6.45) is 0. The molecule has 0 bridgehead atoms. The maximum Gasteiger partial charge on any atom is 0.241 e. The van der Waals surface area contributed by atoms with Crippen LogP contribution in [-0.4, -0.2) is 11.9 Å². The Bertz CT molecular complexity index is 352. The van der Waals surface area contributed by atoms with E-state index in [2.05, 4.69) is 5.32 Å². The zero-order chi connectivity index (χ0) is 10.7. The van der Waals surface area contributed by atoms with Gasteiger partial charge in [-0.25, -0.2) is 4.39 Å². The Labute approximate surface area is 81.1 Å². The molecule has 0 aliphatic rings. The molecule has 0 heterocycles. The summed E-state index contributed by atoms with van der Waals surface area (Å²) in [6, 6.07) is 3.12. The molecule has 0 fully saturated rings. The first-order valence-electron chi connectivity index (χ1n) is 4.12. The Morgan fingerprint density at radius 2 is 2.21 bits per heavy atom. The highest BCUT2D eigenvalue weighted by molar-refractivity contribution is 5.96. The molecule has 0 saturated carbocycles. The molecule has 0 aliphatic carbocycles. The summed E-state index contributed by atoms with van der Waals surface area (Å²) in [6.45, 7) is 1.55. The van der Waals surface area contributed by atoms with Gasteiger partial charge in [-0.3, -0.25) is 4.79 Å². The number of nitrogen functional groups attached to an aromatic ring is 1. The average molecular weight is 197 g/mol. The number of carbonyl (C=O) groups excluding carboxylic acids is 1. The Kier molecular flexibility index (Phi) is 3.03. The summed E-state index contributed by atoms with van der Waals surface area (Å²) in [5.41, 5.74) is 11.4. The zero-order valence-corrected chi connectivity index (χ0v) is 7.75. The van der Waals surface area contributed by atoms with E-state index >= 15 is 0 Å². The van der Waals surface area contributed by atoms with Crippen molar-refractivity contribution in [2.75, 3.05) is 11.1 Å². The third-order valence-electron chi connectivity index (χ3n) is 1.69. The Balaban J connectivity index is 2.82. The van der Waals surface area contributed by atoms with Crippen LogP contribution in [0.1, 0.15) is 6.92 Å². The first-order valence-corrected chi connectivity index (χ1v) is 4.12. The van der Waals surface area contributed by atoms with Crippen molar-refractivity contribution >= 4 is 17.3 Å². The minimum absolute atomic E-state index is 0.180. The van der Waals surface area contributed by atoms with Crippen molar-refractivity contribution in [3.63, 3.8) is 0 Å². The van der Waals surface area contributed by atoms with Gasteiger partial charge in [-0.05, 0) is 25.1 Å². The summed E-state index contributed by atoms with van der Waals surface area (Å²) in [5.74, 6) is -0.801. The predicted octanol–water partition coefficient (Wildman–Crippen LogP) is 0.694. The molecule has 0 radical (unpaired) electrons. The summed E-state index contributed by atoms with van der Waals surface area (Å²) < 4.78 is 12.6. The maximum atomic E-state index is 12.6. The van der Waals surface area contributed by atoms with Crippen LogP contribution in [0.15, 0.2) is 18.2 Å². The van der Waals surface area contributed by atoms with Crippen molar-refractivity contribution in [2.24, 2.45) is 5.73 Å². The lowest BCUT2D eigenvalue weighted by Crippen LogP contribution is -2.32. The second-order valence-electron chi connectivity index (χ2n) is 3.01. The number of anilines is 2. The molecular formula is C9H12FN3O. The fourth-order valence-electron chi connectivity index (χ4n) is 0.894. The quantitative estimate of drug-likeness (QED) is 0.610. The highest BCUT2D eigenvalue weighted by Crippen LogP contribution is 2.18. The number of halogens is 1. The van der Waals surface area contributed by atoms with Crippen molar-refractivity contribution in [2.45, 2.75) is 13.0 Å². The topological polar surface area (TPSA) is 81.1 Å². The molecule has 76 valence electrons. The van der Waals surface area contributed by atoms with Gasteiger partial charge >= 0.3 is 0 Å². The zero-order valence-electron chi connectivity index (χ0n) is 7.75. The van der Waals surface area contributed by atoms with Crippen molar-refractivity contribution in [3.05, 3.63) is 24.0 Å². The molecule has 0 saturated heterocycles. The third kappa shape index (κ3) is 2.43. The van der Waals surface area contributed by atoms with Crippen LogP contribution in [0.5, 0.6) is 0 Å². The van der Waals surface area contributed by atoms with Crippen molar-refractivity contribution in [3.8, 4) is 0 Å². The van der Waals surface area contributed by atoms with Crippen LogP contribution in [0.3, 0.4) is 0 Å². The number of hydrogen-bond acceptors (Lipinski definition) is 3. The van der Waals surface area contributed by atoms with Crippen LogP contribution in [0.4, 0.5) is 15.8 Å². The van der Waals surface area contributed by atoms with Gasteiger partial charge in [-0.2, -0.15) is 0 Å². The van der Waals surface area contributed by atoms with E-state index in [4.69, 9.17) is 11.5 Å². The molecule has 1 aromatic carbocycles. The van der Waals surface area contributed by atoms with Gasteiger partial charge < -0.3 is 16.8 Å². The summed E-state index contributed by atoms with van der Waals surface area (Å²) >= 11 is 0. The first-order chi connectivity index (χ1) is 6.50. The SMILES string of the molecule is CC(N)C(=O)Nc1ccc(F)cc1N. The van der Waals surface area contributed by atoms with Crippen LogP contribution in [-0.2, 0) is 4.79 Å². The Morgan fingerprint density at radius 3 is 2.71 bits per heavy atom. The van der Waals surface area contributed by atoms with Gasteiger partial charge in [0.2, 0.25) is 5.91 Å². The van der Waals surface area contributed by atoms with Gasteiger partial charge in [-0.15, -0.1) is 0 Å². The van der Waals surface area contributed by atoms with Crippen LogP contribution < -0.4 is 16.8 Å². The molecule has 1 rings (SSSR count). The molecule has 0 aromatic heterocycles. The maximum absolute atomic E-state index is 12.6. The van der Waals surface area contributed by atoms with E-state index in [0.717, 1.165) is 6.07 Å². The van der Waals surface area contributed by atoms with Gasteiger partial charge in [-0.1, -0.05) is 0 Å². The fourth-order valence-corrected chi connectivity index (χ4v) is 0.894. The van der Waals surface area contributed by atoms with E-state index in [1.807, 2.05) is 0 Å². The van der Waals surface area contributed by atoms with Crippen molar-refractivity contribution in [1.82, 2.24) is 0 Å². The van der Waals surface area contributed by atoms with E-state index in [1.54, 1.807) is 6.92 Å². The Morgan fingerprint density at radius 1 is 1.57 bits per heavy atom. The lowest BCUT2D eigenvalue weighted by Gasteiger charge is -2.09. The lowest BCUT2D eigenvalue weighted by molar-refractivity contribution is -0.117. The minimum Gasteiger partial charge on any atom is -0.397 e. The van der Waals surface area contributed by atoms with E-state index < -0.39 is 11.9 Å². The number of nitrogens with two attached hydrogens (primary N) is 2. The van der Waals surface area contributed by atoms with Crippen LogP contribution in [0.2, 0.25) is 0 Å². The van der Waals surface area contributed by atoms with Crippen molar-refractivity contribution in [1.29, 1.82) is 0 Å². The monoisotopic (exact) mass is 197 g/mol. The van der Waals surface area contributed by atoms with Gasteiger partial charge in [0.05, 0.1) is 17.4 Å². The third-order valence-corrected chi connectivity index (χ3v) is 1.69. The summed E-state index contributed by atoms with van der Waals surface area (Å²) in [4.78, 5) is 11.2. The first kappa shape index (κ1) is 10.5. The molecule has 5 heteroatoms. The highest BCUT2D eigenvalue weighted by Gasteiger charge is 2.09. The number of hydrogen-bond donors (Lipinski definition) is 3. The minimum atomic E-state index is -0.626. The van der Waals surface area contributed by atoms with Crippen LogP contribution >= 0.6 is 0 Å². The molecule has 1 unspecified atom stereocenters. The highest BCUT2D eigenvalue weighted by atomic mass is 19.1. The van der Waals surface area contributed by atoms with E-state index in [9.17, 15) is 9.18 Å². The molecule has 0 spiro atoms. The standard InChI is InChI=1S/C9H12FN3O/c1-5(11)9(14)13-8-3-2-6(10)4-7(8)12/h2-5H,11-12H2,1H3,(H,13,14). The Hall–Kier alpha value is -1.62. The average Bonchev–Trinajstić information content (AvgIpc) is 2.09. The predicted molar refractivity (Wildman–Crippen MR) is 53.1 cm³/mol. The molecule has 5 N–H and O–H groups in total. The smallest absolute Gasteiger partial charge is 0.241 e. The van der Waals surface area contributed by atoms with E-state index in [1.165, 1.54) is 12.1 Å². The normalized spacial score (nSPS) is 12.2. The second kappa shape index (κ2) is 4.06. The van der Waals surface area contributed by atoms with Crippen molar-refractivity contribution < 1.29 is 9.18 Å². The molecular weight excluding hydrogens is 185 g/mol. The molecule has 1 atom stereocenters. The largest absolute Gasteiger partial charge is 0.397 e. The van der Waals surface area contributed by atoms with Gasteiger partial charge in [0.25, 0.3) is 0 Å². The van der Waals surface area contributed by atoms with E-state index in [0.29, 0.717) is 5.69 Å². The van der Waals surface area contributed by atoms with Gasteiger partial charge in [0.15, 0.2) is 0 Å². The van der Waals surface area contributed by atoms with Gasteiger partial charge in [0, 0.05) is 0 Å². The number of benzene rings is 1. The number of carbonyl (C=O) groups is 1. The molecule has 0 aliphatic heterocycles. The number of amides is 1. The fraction of sp³-hybridized carbons (Fsp3) is 0.222. The van der Waals surface area contributed by atoms with Gasteiger partial charge in [0.1, 0.15) is 5.82 Å². The molecule has 14 heavy (non-hydrogen) atoms. The summed E-state index contributed by atoms with van der Waals surface area (Å²) in [7, 11) is 0. The van der Waals surface area contributed by atoms with Crippen LogP contribution in [0, 0.1) is 5.82 Å². The second-order valence-corrected chi connectivity index (χ2v) is 3.01. The number of nitrogens with one attached hydrogen (secondary N) is 1. The molecule has 1 aromatic rings. The van der Waals surface area contributed by atoms with E-state index in [-0.39, 0.29) is 11.6 Å².